The SMILES string of the molecule is CCN(CC)c1ccc([C@@H]2C3=C(CC(C)(C)CC3=O)Nc3ccccc3N2C(=S)NC2CCCCC2)cc1. The number of rotatable bonds is 5. The summed E-state index contributed by atoms with van der Waals surface area (Å²) in [6.07, 6.45) is 7.40. The summed E-state index contributed by atoms with van der Waals surface area (Å²) < 4.78 is 0. The highest BCUT2D eigenvalue weighted by molar-refractivity contribution is 7.80. The molecule has 0 radical (unpaired) electrons. The standard InChI is InChI=1S/C32H42N4OS/c1-5-35(6-2)24-18-16-22(17-19-24)30-29-26(20-32(3,4)21-28(29)37)34-25-14-10-11-15-27(25)36(30)31(38)33-23-12-8-7-9-13-23/h10-11,14-19,23,30,34H,5-9,12-13,20-21H2,1-4H3,(H,33,38)/t30-/m1/s1. The van der Waals surface area contributed by atoms with Gasteiger partial charge >= 0.3 is 0 Å². The molecule has 1 aliphatic heterocycles. The van der Waals surface area contributed by atoms with E-state index in [0.29, 0.717) is 17.6 Å². The lowest BCUT2D eigenvalue weighted by atomic mass is 9.73. The zero-order chi connectivity index (χ0) is 26.9. The number of hydrogen-bond donors (Lipinski definition) is 2. The monoisotopic (exact) mass is 530 g/mol. The Kier molecular flexibility index (Phi) is 7.80. The first-order valence-electron chi connectivity index (χ1n) is 14.4. The van der Waals surface area contributed by atoms with Gasteiger partial charge in [0.05, 0.1) is 17.4 Å². The zero-order valence-corrected chi connectivity index (χ0v) is 24.2. The van der Waals surface area contributed by atoms with Crippen LogP contribution in [0.15, 0.2) is 59.8 Å². The molecular formula is C32H42N4OS. The van der Waals surface area contributed by atoms with Crippen LogP contribution < -0.4 is 20.4 Å². The number of fused-ring (bicyclic) bond motifs is 1. The molecule has 2 aromatic carbocycles. The Balaban J connectivity index is 1.65. The van der Waals surface area contributed by atoms with Gasteiger partial charge in [-0.1, -0.05) is 57.4 Å². The summed E-state index contributed by atoms with van der Waals surface area (Å²) >= 11 is 6.20. The topological polar surface area (TPSA) is 47.6 Å². The van der Waals surface area contributed by atoms with Crippen molar-refractivity contribution in [2.75, 3.05) is 28.2 Å². The number of benzene rings is 2. The second-order valence-electron chi connectivity index (χ2n) is 11.8. The molecule has 38 heavy (non-hydrogen) atoms. The molecule has 0 amide bonds. The van der Waals surface area contributed by atoms with Crippen LogP contribution in [0.5, 0.6) is 0 Å². The lowest BCUT2D eigenvalue weighted by molar-refractivity contribution is -0.118. The minimum absolute atomic E-state index is 0.0922. The van der Waals surface area contributed by atoms with Crippen LogP contribution in [-0.2, 0) is 4.79 Å². The Morgan fingerprint density at radius 2 is 1.71 bits per heavy atom. The number of nitrogens with zero attached hydrogens (tertiary/aromatic N) is 2. The smallest absolute Gasteiger partial charge is 0.174 e. The summed E-state index contributed by atoms with van der Waals surface area (Å²) in [4.78, 5) is 18.5. The van der Waals surface area contributed by atoms with E-state index in [4.69, 9.17) is 12.2 Å². The minimum Gasteiger partial charge on any atom is -0.372 e. The van der Waals surface area contributed by atoms with Crippen molar-refractivity contribution in [3.8, 4) is 0 Å². The summed E-state index contributed by atoms with van der Waals surface area (Å²) in [5, 5.41) is 8.13. The van der Waals surface area contributed by atoms with Crippen molar-refractivity contribution >= 4 is 40.2 Å². The molecule has 2 N–H and O–H groups in total. The number of thiocarbonyl (C=S) groups is 1. The van der Waals surface area contributed by atoms with Gasteiger partial charge in [0.25, 0.3) is 0 Å². The van der Waals surface area contributed by atoms with Gasteiger partial charge in [-0.3, -0.25) is 4.79 Å². The van der Waals surface area contributed by atoms with Gasteiger partial charge in [0, 0.05) is 42.5 Å². The highest BCUT2D eigenvalue weighted by Gasteiger charge is 2.42. The summed E-state index contributed by atoms with van der Waals surface area (Å²) in [5.74, 6) is 0.208. The van der Waals surface area contributed by atoms with Crippen molar-refractivity contribution in [2.45, 2.75) is 84.7 Å². The van der Waals surface area contributed by atoms with Gasteiger partial charge in [-0.2, -0.15) is 0 Å². The van der Waals surface area contributed by atoms with Crippen molar-refractivity contribution < 1.29 is 4.79 Å². The van der Waals surface area contributed by atoms with E-state index >= 15 is 0 Å². The third-order valence-electron chi connectivity index (χ3n) is 8.39. The van der Waals surface area contributed by atoms with Gasteiger partial charge in [-0.05, 0) is 80.6 Å². The molecule has 0 aromatic heterocycles. The number of hydrogen-bond acceptors (Lipinski definition) is 4. The molecule has 0 saturated heterocycles. The molecule has 5 nitrogen and oxygen atoms in total. The van der Waals surface area contributed by atoms with Crippen molar-refractivity contribution in [1.82, 2.24) is 5.32 Å². The molecule has 0 unspecified atom stereocenters. The maximum absolute atomic E-state index is 14.0. The van der Waals surface area contributed by atoms with Gasteiger partial charge in [0.15, 0.2) is 10.9 Å². The predicted molar refractivity (Wildman–Crippen MR) is 163 cm³/mol. The predicted octanol–water partition coefficient (Wildman–Crippen LogP) is 7.36. The molecule has 1 saturated carbocycles. The summed E-state index contributed by atoms with van der Waals surface area (Å²) in [5.41, 5.74) is 6.09. The maximum Gasteiger partial charge on any atom is 0.174 e. The van der Waals surface area contributed by atoms with E-state index in [2.05, 4.69) is 96.7 Å². The second kappa shape index (κ2) is 11.1. The highest BCUT2D eigenvalue weighted by Crippen LogP contribution is 2.48. The van der Waals surface area contributed by atoms with E-state index in [1.54, 1.807) is 0 Å². The van der Waals surface area contributed by atoms with Crippen LogP contribution in [0.2, 0.25) is 0 Å². The van der Waals surface area contributed by atoms with E-state index in [-0.39, 0.29) is 17.2 Å². The molecule has 6 heteroatoms. The number of carbonyl (C=O) groups excluding carboxylic acids is 1. The van der Waals surface area contributed by atoms with Crippen molar-refractivity contribution in [3.63, 3.8) is 0 Å². The normalized spacial score (nSPS) is 21.2. The van der Waals surface area contributed by atoms with Crippen LogP contribution in [0.4, 0.5) is 17.1 Å². The molecule has 1 heterocycles. The largest absolute Gasteiger partial charge is 0.372 e. The number of carbonyl (C=O) groups is 1. The third kappa shape index (κ3) is 5.33. The van der Waals surface area contributed by atoms with Gasteiger partial charge in [-0.25, -0.2) is 0 Å². The average Bonchev–Trinajstić information content (AvgIpc) is 3.04. The van der Waals surface area contributed by atoms with E-state index in [1.165, 1.54) is 24.9 Å². The number of para-hydroxylation sites is 2. The van der Waals surface area contributed by atoms with Crippen LogP contribution >= 0.6 is 12.2 Å². The lowest BCUT2D eigenvalue weighted by Gasteiger charge is -2.39. The Labute approximate surface area is 233 Å². The fraction of sp³-hybridized carbons (Fsp3) is 0.500. The first-order chi connectivity index (χ1) is 18.3. The van der Waals surface area contributed by atoms with Crippen molar-refractivity contribution in [3.05, 3.63) is 65.4 Å². The van der Waals surface area contributed by atoms with E-state index in [0.717, 1.165) is 60.6 Å². The maximum atomic E-state index is 14.0. The Hall–Kier alpha value is -2.86. The van der Waals surface area contributed by atoms with Crippen LogP contribution in [0.1, 0.15) is 84.2 Å². The second-order valence-corrected chi connectivity index (χ2v) is 12.2. The summed E-state index contributed by atoms with van der Waals surface area (Å²) in [6.45, 7) is 10.7. The minimum atomic E-state index is -0.293. The van der Waals surface area contributed by atoms with E-state index in [9.17, 15) is 4.79 Å². The number of anilines is 3. The summed E-state index contributed by atoms with van der Waals surface area (Å²) in [7, 11) is 0. The molecule has 0 spiro atoms. The van der Waals surface area contributed by atoms with Gasteiger partial charge < -0.3 is 20.4 Å². The zero-order valence-electron chi connectivity index (χ0n) is 23.3. The molecule has 0 bridgehead atoms. The molecule has 1 fully saturated rings. The molecular weight excluding hydrogens is 488 g/mol. The molecule has 2 aliphatic carbocycles. The fourth-order valence-corrected chi connectivity index (χ4v) is 6.84. The molecule has 1 atom stereocenters. The first-order valence-corrected chi connectivity index (χ1v) is 14.8. The Bertz CT molecular complexity index is 1210. The number of ketones is 1. The quantitative estimate of drug-likeness (QED) is 0.394. The van der Waals surface area contributed by atoms with E-state index < -0.39 is 0 Å². The van der Waals surface area contributed by atoms with Crippen LogP contribution in [0, 0.1) is 5.41 Å². The number of Topliss-reactive ketones (excluding diaryl/α,β-unsaturated/α-hetero) is 1. The number of nitrogens with one attached hydrogen (secondary N) is 2. The van der Waals surface area contributed by atoms with Crippen LogP contribution in [0.3, 0.4) is 0 Å². The van der Waals surface area contributed by atoms with Gasteiger partial charge in [0.2, 0.25) is 0 Å². The lowest BCUT2D eigenvalue weighted by Crippen LogP contribution is -2.48. The molecule has 3 aliphatic rings. The Morgan fingerprint density at radius 1 is 1.03 bits per heavy atom. The Morgan fingerprint density at radius 3 is 2.39 bits per heavy atom. The van der Waals surface area contributed by atoms with Crippen LogP contribution in [0.25, 0.3) is 0 Å². The molecule has 202 valence electrons. The fourth-order valence-electron chi connectivity index (χ4n) is 6.47. The highest BCUT2D eigenvalue weighted by atomic mass is 32.1. The third-order valence-corrected chi connectivity index (χ3v) is 8.70. The van der Waals surface area contributed by atoms with Crippen LogP contribution in [-0.4, -0.2) is 30.0 Å². The molecule has 5 rings (SSSR count). The summed E-state index contributed by atoms with van der Waals surface area (Å²) in [6, 6.07) is 17.2. The van der Waals surface area contributed by atoms with Crippen molar-refractivity contribution in [2.24, 2.45) is 5.41 Å². The average molecular weight is 531 g/mol. The van der Waals surface area contributed by atoms with Gasteiger partial charge in [0.1, 0.15) is 0 Å². The number of allylic oxidation sites excluding steroid dienone is 1. The first kappa shape index (κ1) is 26.7. The van der Waals surface area contributed by atoms with E-state index in [1.807, 2.05) is 0 Å². The van der Waals surface area contributed by atoms with Gasteiger partial charge in [-0.15, -0.1) is 0 Å². The van der Waals surface area contributed by atoms with Crippen molar-refractivity contribution in [1.29, 1.82) is 0 Å². The molecule has 2 aromatic rings.